The lowest BCUT2D eigenvalue weighted by Crippen LogP contribution is -2.52. The van der Waals surface area contributed by atoms with Crippen LogP contribution in [0.5, 0.6) is 0 Å². The third-order valence-electron chi connectivity index (χ3n) is 3.91. The fraction of sp³-hybridized carbons (Fsp3) is 0.500. The van der Waals surface area contributed by atoms with Gasteiger partial charge in [0.1, 0.15) is 5.82 Å². The maximum Gasteiger partial charge on any atom is 0.409 e. The van der Waals surface area contributed by atoms with Gasteiger partial charge in [0.15, 0.2) is 0 Å². The summed E-state index contributed by atoms with van der Waals surface area (Å²) in [6.07, 6.45) is 1.25. The van der Waals surface area contributed by atoms with Gasteiger partial charge in [-0.05, 0) is 37.5 Å². The van der Waals surface area contributed by atoms with Crippen molar-refractivity contribution < 1.29 is 18.7 Å². The van der Waals surface area contributed by atoms with E-state index in [0.29, 0.717) is 13.1 Å². The standard InChI is InChI=1S/C16H22FN3O3/c1-11(12-5-7-13(17)8-6-12)18-15(21)19-14-4-3-9-20(10-14)16(22)23-2/h5-8,11,14H,3-4,9-10H2,1-2H3,(H2,18,19,21). The van der Waals surface area contributed by atoms with Crippen LogP contribution < -0.4 is 10.6 Å². The number of likely N-dealkylation sites (tertiary alicyclic amines) is 1. The number of nitrogens with zero attached hydrogens (tertiary/aromatic N) is 1. The number of amides is 3. The Morgan fingerprint density at radius 2 is 2.04 bits per heavy atom. The molecule has 0 spiro atoms. The van der Waals surface area contributed by atoms with Crippen LogP contribution in [0.25, 0.3) is 0 Å². The topological polar surface area (TPSA) is 70.7 Å². The number of hydrogen-bond acceptors (Lipinski definition) is 3. The van der Waals surface area contributed by atoms with Crippen LogP contribution in [-0.2, 0) is 4.74 Å². The number of hydrogen-bond donors (Lipinski definition) is 2. The molecule has 7 heteroatoms. The zero-order chi connectivity index (χ0) is 16.8. The van der Waals surface area contributed by atoms with Crippen LogP contribution in [0, 0.1) is 5.82 Å². The Labute approximate surface area is 135 Å². The van der Waals surface area contributed by atoms with Crippen LogP contribution >= 0.6 is 0 Å². The highest BCUT2D eigenvalue weighted by molar-refractivity contribution is 5.75. The average Bonchev–Trinajstić information content (AvgIpc) is 2.54. The molecule has 1 saturated heterocycles. The molecule has 0 aliphatic carbocycles. The van der Waals surface area contributed by atoms with Crippen molar-refractivity contribution in [2.75, 3.05) is 20.2 Å². The summed E-state index contributed by atoms with van der Waals surface area (Å²) in [6, 6.07) is 5.35. The number of benzene rings is 1. The number of ether oxygens (including phenoxy) is 1. The van der Waals surface area contributed by atoms with Crippen molar-refractivity contribution in [2.45, 2.75) is 31.8 Å². The van der Waals surface area contributed by atoms with Gasteiger partial charge in [-0.15, -0.1) is 0 Å². The molecule has 2 unspecified atom stereocenters. The maximum atomic E-state index is 12.9. The highest BCUT2D eigenvalue weighted by atomic mass is 19.1. The molecule has 1 aliphatic rings. The van der Waals surface area contributed by atoms with Gasteiger partial charge in [-0.1, -0.05) is 12.1 Å². The number of halogens is 1. The molecule has 1 aromatic carbocycles. The lowest BCUT2D eigenvalue weighted by Gasteiger charge is -2.32. The monoisotopic (exact) mass is 323 g/mol. The maximum absolute atomic E-state index is 12.9. The van der Waals surface area contributed by atoms with Gasteiger partial charge in [0.05, 0.1) is 13.2 Å². The van der Waals surface area contributed by atoms with E-state index in [4.69, 9.17) is 4.74 Å². The third kappa shape index (κ3) is 4.84. The van der Waals surface area contributed by atoms with Gasteiger partial charge in [-0.2, -0.15) is 0 Å². The van der Waals surface area contributed by atoms with Gasteiger partial charge in [0.2, 0.25) is 0 Å². The minimum atomic E-state index is -0.378. The van der Waals surface area contributed by atoms with Crippen LogP contribution in [-0.4, -0.2) is 43.3 Å². The Morgan fingerprint density at radius 1 is 1.35 bits per heavy atom. The summed E-state index contributed by atoms with van der Waals surface area (Å²) in [5.74, 6) is -0.310. The van der Waals surface area contributed by atoms with Gasteiger partial charge in [-0.3, -0.25) is 0 Å². The van der Waals surface area contributed by atoms with Crippen molar-refractivity contribution in [1.29, 1.82) is 0 Å². The average molecular weight is 323 g/mol. The molecule has 2 atom stereocenters. The third-order valence-corrected chi connectivity index (χ3v) is 3.91. The summed E-state index contributed by atoms with van der Waals surface area (Å²) >= 11 is 0. The normalized spacial score (nSPS) is 18.9. The zero-order valence-electron chi connectivity index (χ0n) is 13.3. The minimum absolute atomic E-state index is 0.108. The van der Waals surface area contributed by atoms with Crippen LogP contribution in [0.15, 0.2) is 24.3 Å². The van der Waals surface area contributed by atoms with Gasteiger partial charge in [0.25, 0.3) is 0 Å². The molecule has 0 radical (unpaired) electrons. The molecule has 2 rings (SSSR count). The molecule has 0 saturated carbocycles. The van der Waals surface area contributed by atoms with E-state index in [9.17, 15) is 14.0 Å². The SMILES string of the molecule is COC(=O)N1CCCC(NC(=O)NC(C)c2ccc(F)cc2)C1. The fourth-order valence-electron chi connectivity index (χ4n) is 2.65. The van der Waals surface area contributed by atoms with Gasteiger partial charge >= 0.3 is 12.1 Å². The molecule has 126 valence electrons. The van der Waals surface area contributed by atoms with Gasteiger partial charge in [0, 0.05) is 19.1 Å². The van der Waals surface area contributed by atoms with Crippen molar-refractivity contribution in [3.05, 3.63) is 35.6 Å². The summed E-state index contributed by atoms with van der Waals surface area (Å²) in [6.45, 7) is 2.90. The molecule has 1 heterocycles. The molecule has 6 nitrogen and oxygen atoms in total. The van der Waals surface area contributed by atoms with Crippen molar-refractivity contribution in [2.24, 2.45) is 0 Å². The van der Waals surface area contributed by atoms with Crippen molar-refractivity contribution in [1.82, 2.24) is 15.5 Å². The van der Waals surface area contributed by atoms with E-state index in [1.54, 1.807) is 17.0 Å². The van der Waals surface area contributed by atoms with E-state index in [1.807, 2.05) is 6.92 Å². The second-order valence-corrected chi connectivity index (χ2v) is 5.65. The highest BCUT2D eigenvalue weighted by Gasteiger charge is 2.25. The second-order valence-electron chi connectivity index (χ2n) is 5.65. The molecule has 0 aromatic heterocycles. The Hall–Kier alpha value is -2.31. The first kappa shape index (κ1) is 17.1. The van der Waals surface area contributed by atoms with E-state index < -0.39 is 0 Å². The van der Waals surface area contributed by atoms with E-state index in [-0.39, 0.29) is 30.0 Å². The first-order chi connectivity index (χ1) is 11.0. The van der Waals surface area contributed by atoms with Gasteiger partial charge < -0.3 is 20.3 Å². The van der Waals surface area contributed by atoms with E-state index in [0.717, 1.165) is 18.4 Å². The Kier molecular flexibility index (Phi) is 5.78. The van der Waals surface area contributed by atoms with E-state index >= 15 is 0 Å². The Bertz CT molecular complexity index is 550. The molecule has 23 heavy (non-hydrogen) atoms. The lowest BCUT2D eigenvalue weighted by molar-refractivity contribution is 0.108. The molecular weight excluding hydrogens is 301 g/mol. The van der Waals surface area contributed by atoms with Crippen molar-refractivity contribution in [3.8, 4) is 0 Å². The lowest BCUT2D eigenvalue weighted by atomic mass is 10.1. The molecule has 1 aliphatic heterocycles. The van der Waals surface area contributed by atoms with Crippen molar-refractivity contribution >= 4 is 12.1 Å². The summed E-state index contributed by atoms with van der Waals surface area (Å²) in [4.78, 5) is 25.2. The van der Waals surface area contributed by atoms with Crippen LogP contribution in [0.2, 0.25) is 0 Å². The molecular formula is C16H22FN3O3. The first-order valence-corrected chi connectivity index (χ1v) is 7.65. The minimum Gasteiger partial charge on any atom is -0.453 e. The van der Waals surface area contributed by atoms with E-state index in [1.165, 1.54) is 19.2 Å². The quantitative estimate of drug-likeness (QED) is 0.897. The number of carbonyl (C=O) groups excluding carboxylic acids is 2. The molecule has 0 bridgehead atoms. The van der Waals surface area contributed by atoms with Crippen LogP contribution in [0.3, 0.4) is 0 Å². The predicted molar refractivity (Wildman–Crippen MR) is 83.5 cm³/mol. The number of rotatable bonds is 3. The molecule has 3 amide bonds. The van der Waals surface area contributed by atoms with Crippen LogP contribution in [0.1, 0.15) is 31.4 Å². The molecule has 1 fully saturated rings. The van der Waals surface area contributed by atoms with Crippen LogP contribution in [0.4, 0.5) is 14.0 Å². The zero-order valence-corrected chi connectivity index (χ0v) is 13.3. The smallest absolute Gasteiger partial charge is 0.409 e. The number of carbonyl (C=O) groups is 2. The number of urea groups is 1. The van der Waals surface area contributed by atoms with Gasteiger partial charge in [-0.25, -0.2) is 14.0 Å². The fourth-order valence-corrected chi connectivity index (χ4v) is 2.65. The Balaban J connectivity index is 1.84. The number of nitrogens with one attached hydrogen (secondary N) is 2. The molecule has 1 aromatic rings. The molecule has 2 N–H and O–H groups in total. The number of piperidine rings is 1. The second kappa shape index (κ2) is 7.80. The van der Waals surface area contributed by atoms with Crippen molar-refractivity contribution in [3.63, 3.8) is 0 Å². The van der Waals surface area contributed by atoms with E-state index in [2.05, 4.69) is 10.6 Å². The first-order valence-electron chi connectivity index (χ1n) is 7.65. The number of methoxy groups -OCH3 is 1. The summed E-state index contributed by atoms with van der Waals surface area (Å²) in [5.41, 5.74) is 0.821. The largest absolute Gasteiger partial charge is 0.453 e. The Morgan fingerprint density at radius 3 is 2.70 bits per heavy atom. The predicted octanol–water partition coefficient (Wildman–Crippen LogP) is 2.42. The summed E-state index contributed by atoms with van der Waals surface area (Å²) in [7, 11) is 1.34. The summed E-state index contributed by atoms with van der Waals surface area (Å²) in [5, 5.41) is 5.68. The summed E-state index contributed by atoms with van der Waals surface area (Å²) < 4.78 is 17.6. The highest BCUT2D eigenvalue weighted by Crippen LogP contribution is 2.14.